The van der Waals surface area contributed by atoms with Crippen molar-refractivity contribution in [1.82, 2.24) is 9.80 Å². The Kier molecular flexibility index (Phi) is 5.46. The van der Waals surface area contributed by atoms with E-state index in [1.807, 2.05) is 0 Å². The van der Waals surface area contributed by atoms with Gasteiger partial charge in [0.15, 0.2) is 0 Å². The van der Waals surface area contributed by atoms with Gasteiger partial charge in [0.2, 0.25) is 0 Å². The van der Waals surface area contributed by atoms with Gasteiger partial charge in [-0.05, 0) is 45.3 Å². The van der Waals surface area contributed by atoms with Gasteiger partial charge in [0.25, 0.3) is 0 Å². The van der Waals surface area contributed by atoms with Crippen LogP contribution in [-0.2, 0) is 0 Å². The lowest BCUT2D eigenvalue weighted by atomic mass is 9.94. The van der Waals surface area contributed by atoms with Crippen molar-refractivity contribution in [2.24, 2.45) is 5.92 Å². The predicted octanol–water partition coefficient (Wildman–Crippen LogP) is 1.95. The number of hydrogen-bond donors (Lipinski definition) is 1. The van der Waals surface area contributed by atoms with E-state index < -0.39 is 0 Å². The Balaban J connectivity index is 1.83. The summed E-state index contributed by atoms with van der Waals surface area (Å²) in [5, 5.41) is 10.1. The fraction of sp³-hybridized carbons (Fsp3) is 1.00. The van der Waals surface area contributed by atoms with E-state index in [-0.39, 0.29) is 6.10 Å². The summed E-state index contributed by atoms with van der Waals surface area (Å²) in [6.45, 7) is 10.4. The van der Waals surface area contributed by atoms with Gasteiger partial charge in [0.05, 0.1) is 6.10 Å². The van der Waals surface area contributed by atoms with Crippen molar-refractivity contribution >= 4 is 0 Å². The van der Waals surface area contributed by atoms with Gasteiger partial charge in [-0.2, -0.15) is 0 Å². The predicted molar refractivity (Wildman–Crippen MR) is 75.7 cm³/mol. The third-order valence-corrected chi connectivity index (χ3v) is 5.04. The maximum absolute atomic E-state index is 10.1. The maximum atomic E-state index is 10.1. The number of hydrogen-bond acceptors (Lipinski definition) is 3. The average molecular weight is 254 g/mol. The van der Waals surface area contributed by atoms with Gasteiger partial charge in [-0.1, -0.05) is 20.3 Å². The van der Waals surface area contributed by atoms with Crippen molar-refractivity contribution in [1.29, 1.82) is 0 Å². The quantitative estimate of drug-likeness (QED) is 0.785. The van der Waals surface area contributed by atoms with Crippen LogP contribution in [0.1, 0.15) is 46.0 Å². The van der Waals surface area contributed by atoms with Gasteiger partial charge in [-0.15, -0.1) is 0 Å². The lowest BCUT2D eigenvalue weighted by Gasteiger charge is -2.32. The molecule has 106 valence electrons. The van der Waals surface area contributed by atoms with Crippen LogP contribution in [0.5, 0.6) is 0 Å². The molecule has 0 amide bonds. The van der Waals surface area contributed by atoms with Gasteiger partial charge in [-0.3, -0.25) is 4.90 Å². The standard InChI is InChI=1S/C15H30N2O/c1-3-16(4-2)11-12-17-10-6-8-14(17)13-7-5-9-15(13)18/h13-15,18H,3-12H2,1-2H3. The molecular weight excluding hydrogens is 224 g/mol. The second-order valence-corrected chi connectivity index (χ2v) is 5.93. The molecule has 0 aromatic carbocycles. The van der Waals surface area contributed by atoms with Gasteiger partial charge in [0.1, 0.15) is 0 Å². The van der Waals surface area contributed by atoms with Crippen molar-refractivity contribution in [2.75, 3.05) is 32.7 Å². The molecular formula is C15H30N2O. The summed E-state index contributed by atoms with van der Waals surface area (Å²) in [5.74, 6) is 0.559. The number of aliphatic hydroxyl groups excluding tert-OH is 1. The molecule has 1 heterocycles. The minimum Gasteiger partial charge on any atom is -0.393 e. The molecule has 18 heavy (non-hydrogen) atoms. The van der Waals surface area contributed by atoms with Crippen LogP contribution in [0.15, 0.2) is 0 Å². The Labute approximate surface area is 112 Å². The molecule has 2 fully saturated rings. The highest BCUT2D eigenvalue weighted by Crippen LogP contribution is 2.35. The molecule has 3 nitrogen and oxygen atoms in total. The normalized spacial score (nSPS) is 33.7. The number of aliphatic hydroxyl groups is 1. The van der Waals surface area contributed by atoms with Crippen LogP contribution in [0.25, 0.3) is 0 Å². The van der Waals surface area contributed by atoms with Crippen LogP contribution >= 0.6 is 0 Å². The molecule has 2 rings (SSSR count). The summed E-state index contributed by atoms with van der Waals surface area (Å²) in [5.41, 5.74) is 0. The summed E-state index contributed by atoms with van der Waals surface area (Å²) < 4.78 is 0. The molecule has 0 bridgehead atoms. The third kappa shape index (κ3) is 3.25. The molecule has 0 spiro atoms. The first-order valence-electron chi connectivity index (χ1n) is 7.90. The fourth-order valence-electron chi connectivity index (χ4n) is 3.84. The highest BCUT2D eigenvalue weighted by Gasteiger charge is 2.37. The van der Waals surface area contributed by atoms with Gasteiger partial charge in [0, 0.05) is 25.0 Å². The summed E-state index contributed by atoms with van der Waals surface area (Å²) in [6.07, 6.45) is 6.11. The monoisotopic (exact) mass is 254 g/mol. The van der Waals surface area contributed by atoms with Crippen LogP contribution in [0.3, 0.4) is 0 Å². The van der Waals surface area contributed by atoms with Crippen molar-refractivity contribution in [3.05, 3.63) is 0 Å². The topological polar surface area (TPSA) is 26.7 Å². The second-order valence-electron chi connectivity index (χ2n) is 5.93. The minimum atomic E-state index is -0.0240. The first-order valence-corrected chi connectivity index (χ1v) is 7.90. The number of nitrogens with zero attached hydrogens (tertiary/aromatic N) is 2. The second kappa shape index (κ2) is 6.88. The maximum Gasteiger partial charge on any atom is 0.0583 e. The van der Waals surface area contributed by atoms with Gasteiger partial charge in [-0.25, -0.2) is 0 Å². The molecule has 0 aromatic rings. The van der Waals surface area contributed by atoms with E-state index in [1.165, 1.54) is 45.3 Å². The van der Waals surface area contributed by atoms with Gasteiger partial charge < -0.3 is 10.0 Å². The molecule has 3 atom stereocenters. The van der Waals surface area contributed by atoms with Crippen LogP contribution in [0.2, 0.25) is 0 Å². The zero-order valence-corrected chi connectivity index (χ0v) is 12.1. The highest BCUT2D eigenvalue weighted by atomic mass is 16.3. The van der Waals surface area contributed by atoms with E-state index in [2.05, 4.69) is 23.6 Å². The molecule has 1 aliphatic carbocycles. The molecule has 0 aromatic heterocycles. The number of likely N-dealkylation sites (N-methyl/N-ethyl adjacent to an activating group) is 1. The number of rotatable bonds is 6. The molecule has 0 radical (unpaired) electrons. The first kappa shape index (κ1) is 14.3. The Hall–Kier alpha value is -0.120. The van der Waals surface area contributed by atoms with Crippen LogP contribution in [0, 0.1) is 5.92 Å². The average Bonchev–Trinajstić information content (AvgIpc) is 2.99. The van der Waals surface area contributed by atoms with E-state index >= 15 is 0 Å². The largest absolute Gasteiger partial charge is 0.393 e. The lowest BCUT2D eigenvalue weighted by Crippen LogP contribution is -2.42. The van der Waals surface area contributed by atoms with Gasteiger partial charge >= 0.3 is 0 Å². The van der Waals surface area contributed by atoms with Crippen molar-refractivity contribution in [3.8, 4) is 0 Å². The lowest BCUT2D eigenvalue weighted by molar-refractivity contribution is 0.0705. The Morgan fingerprint density at radius 1 is 1.11 bits per heavy atom. The fourth-order valence-corrected chi connectivity index (χ4v) is 3.84. The minimum absolute atomic E-state index is 0.0240. The zero-order valence-electron chi connectivity index (χ0n) is 12.1. The van der Waals surface area contributed by atoms with Crippen molar-refractivity contribution < 1.29 is 5.11 Å². The molecule has 3 heteroatoms. The number of likely N-dealkylation sites (tertiary alicyclic amines) is 1. The third-order valence-electron chi connectivity index (χ3n) is 5.04. The highest BCUT2D eigenvalue weighted by molar-refractivity contribution is 4.91. The van der Waals surface area contributed by atoms with E-state index in [4.69, 9.17) is 0 Å². The molecule has 2 aliphatic rings. The molecule has 1 saturated heterocycles. The van der Waals surface area contributed by atoms with E-state index in [0.29, 0.717) is 12.0 Å². The van der Waals surface area contributed by atoms with Crippen molar-refractivity contribution in [3.63, 3.8) is 0 Å². The zero-order chi connectivity index (χ0) is 13.0. The summed E-state index contributed by atoms with van der Waals surface area (Å²) in [6, 6.07) is 0.665. The molecule has 1 saturated carbocycles. The Bertz CT molecular complexity index is 243. The summed E-state index contributed by atoms with van der Waals surface area (Å²) in [7, 11) is 0. The molecule has 1 N–H and O–H groups in total. The Morgan fingerprint density at radius 3 is 2.50 bits per heavy atom. The van der Waals surface area contributed by atoms with E-state index in [1.54, 1.807) is 0 Å². The smallest absolute Gasteiger partial charge is 0.0583 e. The first-order chi connectivity index (χ1) is 8.76. The summed E-state index contributed by atoms with van der Waals surface area (Å²) in [4.78, 5) is 5.15. The van der Waals surface area contributed by atoms with E-state index in [0.717, 1.165) is 19.5 Å². The molecule has 1 aliphatic heterocycles. The molecule has 3 unspecified atom stereocenters. The van der Waals surface area contributed by atoms with E-state index in [9.17, 15) is 5.11 Å². The van der Waals surface area contributed by atoms with Crippen LogP contribution < -0.4 is 0 Å². The van der Waals surface area contributed by atoms with Crippen LogP contribution in [0.4, 0.5) is 0 Å². The van der Waals surface area contributed by atoms with Crippen LogP contribution in [-0.4, -0.2) is 59.8 Å². The SMILES string of the molecule is CCN(CC)CCN1CCCC1C1CCCC1O. The Morgan fingerprint density at radius 2 is 1.89 bits per heavy atom. The van der Waals surface area contributed by atoms with Crippen molar-refractivity contribution in [2.45, 2.75) is 58.1 Å². The summed E-state index contributed by atoms with van der Waals surface area (Å²) >= 11 is 0.